The summed E-state index contributed by atoms with van der Waals surface area (Å²) in [6.45, 7) is 3.29. The summed E-state index contributed by atoms with van der Waals surface area (Å²) >= 11 is 12.1. The van der Waals surface area contributed by atoms with Gasteiger partial charge in [0.25, 0.3) is 0 Å². The van der Waals surface area contributed by atoms with Gasteiger partial charge in [0, 0.05) is 24.7 Å². The molecule has 17 heavy (non-hydrogen) atoms. The van der Waals surface area contributed by atoms with Gasteiger partial charge in [0.1, 0.15) is 0 Å². The summed E-state index contributed by atoms with van der Waals surface area (Å²) in [6, 6.07) is 5.61. The van der Waals surface area contributed by atoms with Crippen molar-refractivity contribution in [3.8, 4) is 0 Å². The molecule has 5 heteroatoms. The quantitative estimate of drug-likeness (QED) is 0.916. The lowest BCUT2D eigenvalue weighted by Crippen LogP contribution is -2.46. The molecular formula is C12H16Cl2N2O. The Hall–Kier alpha value is -0.480. The number of rotatable bonds is 3. The van der Waals surface area contributed by atoms with E-state index in [1.54, 1.807) is 6.07 Å². The molecule has 1 N–H and O–H groups in total. The van der Waals surface area contributed by atoms with E-state index in [0.717, 1.165) is 31.9 Å². The molecule has 1 aromatic carbocycles. The van der Waals surface area contributed by atoms with Crippen molar-refractivity contribution in [3.05, 3.63) is 28.2 Å². The molecule has 0 radical (unpaired) electrons. The molecule has 0 aliphatic carbocycles. The second kappa shape index (κ2) is 5.91. The van der Waals surface area contributed by atoms with Crippen LogP contribution in [0.2, 0.25) is 10.0 Å². The SMILES string of the molecule is CNCC1CN(c2ccc(Cl)cc2Cl)CCO1. The summed E-state index contributed by atoms with van der Waals surface area (Å²) in [5.74, 6) is 0. The monoisotopic (exact) mass is 274 g/mol. The van der Waals surface area contributed by atoms with Crippen molar-refractivity contribution in [2.45, 2.75) is 6.10 Å². The molecular weight excluding hydrogens is 259 g/mol. The van der Waals surface area contributed by atoms with E-state index in [1.807, 2.05) is 19.2 Å². The number of halogens is 2. The van der Waals surface area contributed by atoms with Crippen molar-refractivity contribution in [3.63, 3.8) is 0 Å². The predicted molar refractivity (Wildman–Crippen MR) is 72.3 cm³/mol. The second-order valence-electron chi connectivity index (χ2n) is 4.09. The van der Waals surface area contributed by atoms with Crippen molar-refractivity contribution < 1.29 is 4.74 Å². The molecule has 1 unspecified atom stereocenters. The number of likely N-dealkylation sites (N-methyl/N-ethyl adjacent to an activating group) is 1. The van der Waals surface area contributed by atoms with Gasteiger partial charge in [-0.3, -0.25) is 0 Å². The van der Waals surface area contributed by atoms with Crippen LogP contribution in [0.15, 0.2) is 18.2 Å². The highest BCUT2D eigenvalue weighted by atomic mass is 35.5. The third-order valence-electron chi connectivity index (χ3n) is 2.82. The Morgan fingerprint density at radius 2 is 2.29 bits per heavy atom. The molecule has 0 saturated carbocycles. The van der Waals surface area contributed by atoms with Crippen LogP contribution in [0.3, 0.4) is 0 Å². The fourth-order valence-corrected chi connectivity index (χ4v) is 2.56. The zero-order chi connectivity index (χ0) is 12.3. The molecule has 1 saturated heterocycles. The molecule has 1 fully saturated rings. The Kier molecular flexibility index (Phi) is 4.51. The molecule has 3 nitrogen and oxygen atoms in total. The molecule has 1 atom stereocenters. The molecule has 0 spiro atoms. The topological polar surface area (TPSA) is 24.5 Å². The first-order valence-corrected chi connectivity index (χ1v) is 6.42. The van der Waals surface area contributed by atoms with Crippen molar-refractivity contribution in [1.82, 2.24) is 5.32 Å². The lowest BCUT2D eigenvalue weighted by atomic mass is 10.2. The maximum Gasteiger partial charge on any atom is 0.0874 e. The number of morpholine rings is 1. The summed E-state index contributed by atoms with van der Waals surface area (Å²) in [7, 11) is 1.93. The molecule has 0 aromatic heterocycles. The first-order chi connectivity index (χ1) is 8.20. The Labute approximate surface area is 112 Å². The van der Waals surface area contributed by atoms with Gasteiger partial charge in [-0.25, -0.2) is 0 Å². The highest BCUT2D eigenvalue weighted by Gasteiger charge is 2.21. The van der Waals surface area contributed by atoms with Gasteiger partial charge in [-0.05, 0) is 25.2 Å². The van der Waals surface area contributed by atoms with Gasteiger partial charge in [0.2, 0.25) is 0 Å². The molecule has 94 valence electrons. The van der Waals surface area contributed by atoms with Crippen molar-refractivity contribution >= 4 is 28.9 Å². The zero-order valence-corrected chi connectivity index (χ0v) is 11.3. The van der Waals surface area contributed by atoms with Crippen LogP contribution in [0.4, 0.5) is 5.69 Å². The summed E-state index contributed by atoms with van der Waals surface area (Å²) in [5.41, 5.74) is 1.03. The van der Waals surface area contributed by atoms with E-state index < -0.39 is 0 Å². The highest BCUT2D eigenvalue weighted by molar-refractivity contribution is 6.36. The van der Waals surface area contributed by atoms with E-state index in [0.29, 0.717) is 10.0 Å². The fraction of sp³-hybridized carbons (Fsp3) is 0.500. The maximum atomic E-state index is 6.21. The van der Waals surface area contributed by atoms with Gasteiger partial charge in [-0.1, -0.05) is 23.2 Å². The number of nitrogens with one attached hydrogen (secondary N) is 1. The summed E-state index contributed by atoms with van der Waals surface area (Å²) in [5, 5.41) is 4.49. The van der Waals surface area contributed by atoms with Crippen LogP contribution < -0.4 is 10.2 Å². The van der Waals surface area contributed by atoms with E-state index in [1.165, 1.54) is 0 Å². The summed E-state index contributed by atoms with van der Waals surface area (Å²) < 4.78 is 5.66. The fourth-order valence-electron chi connectivity index (χ4n) is 2.03. The lowest BCUT2D eigenvalue weighted by molar-refractivity contribution is 0.0422. The van der Waals surface area contributed by atoms with E-state index >= 15 is 0 Å². The van der Waals surface area contributed by atoms with Crippen LogP contribution in [-0.4, -0.2) is 39.4 Å². The van der Waals surface area contributed by atoms with Crippen molar-refractivity contribution in [2.75, 3.05) is 38.2 Å². The molecule has 0 bridgehead atoms. The van der Waals surface area contributed by atoms with Crippen molar-refractivity contribution in [1.29, 1.82) is 0 Å². The molecule has 1 heterocycles. The number of hydrogen-bond acceptors (Lipinski definition) is 3. The van der Waals surface area contributed by atoms with Gasteiger partial charge in [0.15, 0.2) is 0 Å². The normalized spacial score (nSPS) is 20.6. The predicted octanol–water partition coefficient (Wildman–Crippen LogP) is 2.42. The molecule has 1 aliphatic heterocycles. The van der Waals surface area contributed by atoms with Crippen molar-refractivity contribution in [2.24, 2.45) is 0 Å². The lowest BCUT2D eigenvalue weighted by Gasteiger charge is -2.35. The molecule has 1 aliphatic rings. The Morgan fingerprint density at radius 1 is 1.47 bits per heavy atom. The Bertz CT molecular complexity index is 385. The van der Waals surface area contributed by atoms with Crippen LogP contribution in [0, 0.1) is 0 Å². The first-order valence-electron chi connectivity index (χ1n) is 5.67. The van der Waals surface area contributed by atoms with Gasteiger partial charge in [0.05, 0.1) is 23.4 Å². The third-order valence-corrected chi connectivity index (χ3v) is 3.36. The van der Waals surface area contributed by atoms with Gasteiger partial charge < -0.3 is 15.0 Å². The number of nitrogens with zero attached hydrogens (tertiary/aromatic N) is 1. The molecule has 2 rings (SSSR count). The van der Waals surface area contributed by atoms with E-state index in [4.69, 9.17) is 27.9 Å². The standard InChI is InChI=1S/C12H16Cl2N2O/c1-15-7-10-8-16(4-5-17-10)12-3-2-9(13)6-11(12)14/h2-3,6,10,15H,4-5,7-8H2,1H3. The average molecular weight is 275 g/mol. The third kappa shape index (κ3) is 3.26. The van der Waals surface area contributed by atoms with E-state index in [2.05, 4.69) is 10.2 Å². The minimum absolute atomic E-state index is 0.209. The highest BCUT2D eigenvalue weighted by Crippen LogP contribution is 2.29. The first kappa shape index (κ1) is 13.0. The zero-order valence-electron chi connectivity index (χ0n) is 9.75. The van der Waals surface area contributed by atoms with Crippen LogP contribution in [0.1, 0.15) is 0 Å². The molecule has 1 aromatic rings. The number of ether oxygens (including phenoxy) is 1. The Morgan fingerprint density at radius 3 is 3.00 bits per heavy atom. The van der Waals surface area contributed by atoms with Gasteiger partial charge in [-0.2, -0.15) is 0 Å². The smallest absolute Gasteiger partial charge is 0.0874 e. The van der Waals surface area contributed by atoms with E-state index in [9.17, 15) is 0 Å². The van der Waals surface area contributed by atoms with Crippen LogP contribution in [-0.2, 0) is 4.74 Å². The van der Waals surface area contributed by atoms with E-state index in [-0.39, 0.29) is 6.10 Å². The van der Waals surface area contributed by atoms with Gasteiger partial charge >= 0.3 is 0 Å². The van der Waals surface area contributed by atoms with Crippen LogP contribution >= 0.6 is 23.2 Å². The maximum absolute atomic E-state index is 6.21. The number of anilines is 1. The summed E-state index contributed by atoms with van der Waals surface area (Å²) in [4.78, 5) is 2.24. The summed E-state index contributed by atoms with van der Waals surface area (Å²) in [6.07, 6.45) is 0.209. The number of benzene rings is 1. The van der Waals surface area contributed by atoms with Gasteiger partial charge in [-0.15, -0.1) is 0 Å². The molecule has 0 amide bonds. The number of hydrogen-bond donors (Lipinski definition) is 1. The Balaban J connectivity index is 2.10. The minimum atomic E-state index is 0.209. The average Bonchev–Trinajstić information content (AvgIpc) is 2.29. The largest absolute Gasteiger partial charge is 0.373 e. The second-order valence-corrected chi connectivity index (χ2v) is 4.94. The van der Waals surface area contributed by atoms with Crippen LogP contribution in [0.5, 0.6) is 0 Å². The van der Waals surface area contributed by atoms with Crippen LogP contribution in [0.25, 0.3) is 0 Å². The minimum Gasteiger partial charge on any atom is -0.373 e.